The van der Waals surface area contributed by atoms with Crippen LogP contribution in [0.15, 0.2) is 24.5 Å². The van der Waals surface area contributed by atoms with Gasteiger partial charge in [0.2, 0.25) is 5.95 Å². The van der Waals surface area contributed by atoms with Gasteiger partial charge in [0.15, 0.2) is 11.5 Å². The molecule has 34 heavy (non-hydrogen) atoms. The number of methoxy groups -OCH3 is 2. The molecule has 4 heterocycles. The average Bonchev–Trinajstić information content (AvgIpc) is 2.88. The molecule has 2 aliphatic heterocycles. The molecule has 5 rings (SSSR count). The summed E-state index contributed by atoms with van der Waals surface area (Å²) in [5.74, 6) is 4.22. The summed E-state index contributed by atoms with van der Waals surface area (Å²) in [6, 6.07) is 5.76. The first-order chi connectivity index (χ1) is 16.6. The minimum absolute atomic E-state index is 0.427. The van der Waals surface area contributed by atoms with E-state index in [1.54, 1.807) is 20.5 Å². The Hall–Kier alpha value is -3.60. The van der Waals surface area contributed by atoms with E-state index in [1.807, 2.05) is 12.1 Å². The van der Waals surface area contributed by atoms with Gasteiger partial charge in [-0.3, -0.25) is 0 Å². The Morgan fingerprint density at radius 3 is 1.91 bits per heavy atom. The van der Waals surface area contributed by atoms with Crippen LogP contribution in [0.25, 0.3) is 10.9 Å². The summed E-state index contributed by atoms with van der Waals surface area (Å²) in [4.78, 5) is 27.5. The van der Waals surface area contributed by atoms with Crippen molar-refractivity contribution in [3.8, 4) is 11.5 Å². The highest BCUT2D eigenvalue weighted by atomic mass is 16.5. The van der Waals surface area contributed by atoms with Gasteiger partial charge in [0.1, 0.15) is 23.8 Å². The summed E-state index contributed by atoms with van der Waals surface area (Å²) in [6.45, 7) is 7.23. The van der Waals surface area contributed by atoms with E-state index in [0.29, 0.717) is 23.3 Å². The molecule has 0 spiro atoms. The summed E-state index contributed by atoms with van der Waals surface area (Å²) in [5, 5.41) is 0.748. The van der Waals surface area contributed by atoms with Crippen LogP contribution in [0.2, 0.25) is 0 Å². The lowest BCUT2D eigenvalue weighted by Gasteiger charge is -2.36. The minimum Gasteiger partial charge on any atom is -0.493 e. The van der Waals surface area contributed by atoms with E-state index in [2.05, 4.69) is 47.7 Å². The number of rotatable bonds is 5. The maximum atomic E-state index is 6.28. The van der Waals surface area contributed by atoms with Gasteiger partial charge in [-0.1, -0.05) is 0 Å². The fraction of sp³-hybridized carbons (Fsp3) is 0.478. The Morgan fingerprint density at radius 2 is 1.29 bits per heavy atom. The Bertz CT molecular complexity index is 1160. The van der Waals surface area contributed by atoms with Crippen molar-refractivity contribution in [3.63, 3.8) is 0 Å². The van der Waals surface area contributed by atoms with Crippen LogP contribution in [0.1, 0.15) is 0 Å². The zero-order valence-electron chi connectivity index (χ0n) is 19.9. The fourth-order valence-corrected chi connectivity index (χ4v) is 4.46. The number of hydrogen-bond acceptors (Lipinski definition) is 11. The Kier molecular flexibility index (Phi) is 6.10. The van der Waals surface area contributed by atoms with Crippen molar-refractivity contribution in [1.29, 1.82) is 0 Å². The van der Waals surface area contributed by atoms with Gasteiger partial charge in [-0.15, -0.1) is 0 Å². The van der Waals surface area contributed by atoms with Gasteiger partial charge in [-0.2, -0.15) is 4.98 Å². The molecule has 0 radical (unpaired) electrons. The van der Waals surface area contributed by atoms with Crippen molar-refractivity contribution in [2.75, 3.05) is 94.1 Å². The molecule has 2 saturated heterocycles. The van der Waals surface area contributed by atoms with Crippen LogP contribution in [0.4, 0.5) is 23.4 Å². The van der Waals surface area contributed by atoms with Gasteiger partial charge >= 0.3 is 0 Å². The molecule has 0 amide bonds. The first kappa shape index (κ1) is 22.2. The highest BCUT2D eigenvalue weighted by Gasteiger charge is 2.23. The number of piperazine rings is 2. The van der Waals surface area contributed by atoms with E-state index >= 15 is 0 Å². The molecule has 2 aliphatic rings. The molecule has 2 fully saturated rings. The molecule has 3 aromatic rings. The van der Waals surface area contributed by atoms with Crippen molar-refractivity contribution in [1.82, 2.24) is 24.8 Å². The lowest BCUT2D eigenvalue weighted by Crippen LogP contribution is -2.47. The standard InChI is InChI=1S/C23H31N9O2/c1-29-4-6-30(7-5-29)20-14-21(26-15-25-20)31-8-10-32(11-9-31)23-27-17-13-19(34-3)18(33-2)12-16(17)22(24)28-23/h12-15H,4-11H2,1-3H3,(H2,24,27,28). The predicted octanol–water partition coefficient (Wildman–Crippen LogP) is 1.10. The molecule has 11 heteroatoms. The van der Waals surface area contributed by atoms with E-state index in [0.717, 1.165) is 74.9 Å². The van der Waals surface area contributed by atoms with Crippen LogP contribution in [0, 0.1) is 0 Å². The third-order valence-corrected chi connectivity index (χ3v) is 6.57. The highest BCUT2D eigenvalue weighted by molar-refractivity contribution is 5.91. The molecule has 0 atom stereocenters. The average molecular weight is 466 g/mol. The second kappa shape index (κ2) is 9.34. The summed E-state index contributed by atoms with van der Waals surface area (Å²) < 4.78 is 10.8. The number of ether oxygens (including phenoxy) is 2. The largest absolute Gasteiger partial charge is 0.493 e. The number of benzene rings is 1. The van der Waals surface area contributed by atoms with E-state index in [1.165, 1.54) is 0 Å². The molecule has 0 saturated carbocycles. The fourth-order valence-electron chi connectivity index (χ4n) is 4.46. The minimum atomic E-state index is 0.427. The lowest BCUT2D eigenvalue weighted by atomic mass is 10.2. The van der Waals surface area contributed by atoms with E-state index in [9.17, 15) is 0 Å². The molecular weight excluding hydrogens is 434 g/mol. The van der Waals surface area contributed by atoms with E-state index in [4.69, 9.17) is 20.2 Å². The SMILES string of the molecule is COc1cc2nc(N3CCN(c4cc(N5CCN(C)CC5)ncn4)CC3)nc(N)c2cc1OC. The summed E-state index contributed by atoms with van der Waals surface area (Å²) >= 11 is 0. The van der Waals surface area contributed by atoms with E-state index in [-0.39, 0.29) is 0 Å². The van der Waals surface area contributed by atoms with Crippen molar-refractivity contribution < 1.29 is 9.47 Å². The number of nitrogen functional groups attached to an aromatic ring is 1. The number of hydrogen-bond donors (Lipinski definition) is 1. The van der Waals surface area contributed by atoms with Crippen molar-refractivity contribution in [2.24, 2.45) is 0 Å². The Balaban J connectivity index is 1.30. The molecule has 2 aromatic heterocycles. The molecule has 180 valence electrons. The van der Waals surface area contributed by atoms with Gasteiger partial charge < -0.3 is 34.8 Å². The Morgan fingerprint density at radius 1 is 0.735 bits per heavy atom. The molecule has 0 unspecified atom stereocenters. The van der Waals surface area contributed by atoms with Crippen LogP contribution in [-0.2, 0) is 0 Å². The van der Waals surface area contributed by atoms with Gasteiger partial charge in [0, 0.05) is 69.9 Å². The number of fused-ring (bicyclic) bond motifs is 1. The van der Waals surface area contributed by atoms with Crippen LogP contribution >= 0.6 is 0 Å². The van der Waals surface area contributed by atoms with Crippen LogP contribution in [0.3, 0.4) is 0 Å². The second-order valence-electron chi connectivity index (χ2n) is 8.63. The maximum absolute atomic E-state index is 6.28. The van der Waals surface area contributed by atoms with Crippen molar-refractivity contribution >= 4 is 34.3 Å². The molecule has 2 N–H and O–H groups in total. The number of nitrogens with two attached hydrogens (primary N) is 1. The normalized spacial score (nSPS) is 17.3. The number of anilines is 4. The molecule has 0 aliphatic carbocycles. The van der Waals surface area contributed by atoms with E-state index < -0.39 is 0 Å². The summed E-state index contributed by atoms with van der Waals surface area (Å²) in [5.41, 5.74) is 7.02. The molecule has 1 aromatic carbocycles. The van der Waals surface area contributed by atoms with Crippen molar-refractivity contribution in [2.45, 2.75) is 0 Å². The van der Waals surface area contributed by atoms with Gasteiger partial charge in [-0.25, -0.2) is 15.0 Å². The highest BCUT2D eigenvalue weighted by Crippen LogP contribution is 2.34. The first-order valence-electron chi connectivity index (χ1n) is 11.5. The number of likely N-dealkylation sites (N-methyl/N-ethyl adjacent to an activating group) is 1. The summed E-state index contributed by atoms with van der Waals surface area (Å²) in [6.07, 6.45) is 1.67. The molecule has 0 bridgehead atoms. The van der Waals surface area contributed by atoms with Crippen LogP contribution in [-0.4, -0.2) is 98.5 Å². The zero-order valence-corrected chi connectivity index (χ0v) is 19.9. The third-order valence-electron chi connectivity index (χ3n) is 6.57. The zero-order chi connectivity index (χ0) is 23.7. The quantitative estimate of drug-likeness (QED) is 0.585. The monoisotopic (exact) mass is 465 g/mol. The maximum Gasteiger partial charge on any atom is 0.228 e. The van der Waals surface area contributed by atoms with Crippen LogP contribution < -0.4 is 29.9 Å². The van der Waals surface area contributed by atoms with Gasteiger partial charge in [-0.05, 0) is 13.1 Å². The second-order valence-corrected chi connectivity index (χ2v) is 8.63. The van der Waals surface area contributed by atoms with Gasteiger partial charge in [0.05, 0.1) is 19.7 Å². The van der Waals surface area contributed by atoms with Crippen LogP contribution in [0.5, 0.6) is 11.5 Å². The van der Waals surface area contributed by atoms with Crippen molar-refractivity contribution in [3.05, 3.63) is 24.5 Å². The topological polar surface area (TPSA) is 109 Å². The first-order valence-corrected chi connectivity index (χ1v) is 11.5. The molecular formula is C23H31N9O2. The third kappa shape index (κ3) is 4.30. The summed E-state index contributed by atoms with van der Waals surface area (Å²) in [7, 11) is 5.36. The molecule has 11 nitrogen and oxygen atoms in total. The smallest absolute Gasteiger partial charge is 0.228 e. The number of aromatic nitrogens is 4. The van der Waals surface area contributed by atoms with Gasteiger partial charge in [0.25, 0.3) is 0 Å². The number of nitrogens with zero attached hydrogens (tertiary/aromatic N) is 8. The Labute approximate surface area is 199 Å². The lowest BCUT2D eigenvalue weighted by molar-refractivity contribution is 0.312. The predicted molar refractivity (Wildman–Crippen MR) is 133 cm³/mol.